The van der Waals surface area contributed by atoms with Gasteiger partial charge >= 0.3 is 5.97 Å². The Bertz CT molecular complexity index is 736. The zero-order chi connectivity index (χ0) is 17.0. The van der Waals surface area contributed by atoms with Crippen molar-refractivity contribution in [2.24, 2.45) is 0 Å². The minimum atomic E-state index is -1.12. The molecule has 5 heteroatoms. The molecule has 2 aromatic carbocycles. The molecule has 0 aliphatic rings. The Balaban J connectivity index is 2.53. The van der Waals surface area contributed by atoms with Gasteiger partial charge in [0.25, 0.3) is 0 Å². The van der Waals surface area contributed by atoms with Gasteiger partial charge in [0.15, 0.2) is 0 Å². The van der Waals surface area contributed by atoms with Crippen molar-refractivity contribution < 1.29 is 19.0 Å². The van der Waals surface area contributed by atoms with Crippen LogP contribution in [0.4, 0.5) is 4.39 Å². The molecule has 0 aliphatic carbocycles. The van der Waals surface area contributed by atoms with Gasteiger partial charge in [0.2, 0.25) is 0 Å². The maximum Gasteiger partial charge on any atom is 0.336 e. The summed E-state index contributed by atoms with van der Waals surface area (Å²) in [4.78, 5) is 11.6. The minimum Gasteiger partial charge on any atom is -0.490 e. The van der Waals surface area contributed by atoms with Crippen LogP contribution >= 0.6 is 11.6 Å². The smallest absolute Gasteiger partial charge is 0.336 e. The SMILES string of the molecule is CC(C)Oc1ccc(Cl)cc1/C=C(\C(=O)O)c1ccc(F)cc1. The average molecular weight is 335 g/mol. The number of hydrogen-bond donors (Lipinski definition) is 1. The Morgan fingerprint density at radius 2 is 1.87 bits per heavy atom. The highest BCUT2D eigenvalue weighted by atomic mass is 35.5. The second-order valence-electron chi connectivity index (χ2n) is 5.22. The maximum atomic E-state index is 13.0. The van der Waals surface area contributed by atoms with Gasteiger partial charge in [0, 0.05) is 10.6 Å². The molecule has 3 nitrogen and oxygen atoms in total. The van der Waals surface area contributed by atoms with Gasteiger partial charge in [-0.25, -0.2) is 9.18 Å². The normalized spacial score (nSPS) is 11.6. The van der Waals surface area contributed by atoms with Gasteiger partial charge in [0.05, 0.1) is 11.7 Å². The van der Waals surface area contributed by atoms with Gasteiger partial charge in [0.1, 0.15) is 11.6 Å². The molecule has 0 fully saturated rings. The Labute approximate surface area is 139 Å². The Kier molecular flexibility index (Phi) is 5.40. The van der Waals surface area contributed by atoms with Crippen molar-refractivity contribution in [1.82, 2.24) is 0 Å². The van der Waals surface area contributed by atoms with E-state index in [9.17, 15) is 14.3 Å². The summed E-state index contributed by atoms with van der Waals surface area (Å²) in [6.45, 7) is 3.75. The molecule has 0 aliphatic heterocycles. The molecule has 2 rings (SSSR count). The predicted molar refractivity (Wildman–Crippen MR) is 89.1 cm³/mol. The van der Waals surface area contributed by atoms with Crippen LogP contribution in [0, 0.1) is 5.82 Å². The van der Waals surface area contributed by atoms with Gasteiger partial charge in [-0.3, -0.25) is 0 Å². The largest absolute Gasteiger partial charge is 0.490 e. The van der Waals surface area contributed by atoms with Gasteiger partial charge in [-0.2, -0.15) is 0 Å². The second kappa shape index (κ2) is 7.29. The molecule has 0 aromatic heterocycles. The van der Waals surface area contributed by atoms with Crippen molar-refractivity contribution in [2.75, 3.05) is 0 Å². The van der Waals surface area contributed by atoms with Crippen LogP contribution in [0.3, 0.4) is 0 Å². The highest BCUT2D eigenvalue weighted by molar-refractivity contribution is 6.31. The second-order valence-corrected chi connectivity index (χ2v) is 5.66. The summed E-state index contributed by atoms with van der Waals surface area (Å²) in [7, 11) is 0. The molecule has 0 unspecified atom stereocenters. The number of halogens is 2. The van der Waals surface area contributed by atoms with E-state index in [4.69, 9.17) is 16.3 Å². The summed E-state index contributed by atoms with van der Waals surface area (Å²) >= 11 is 6.00. The van der Waals surface area contributed by atoms with E-state index in [-0.39, 0.29) is 11.7 Å². The lowest BCUT2D eigenvalue weighted by Crippen LogP contribution is -2.07. The van der Waals surface area contributed by atoms with E-state index < -0.39 is 11.8 Å². The Morgan fingerprint density at radius 3 is 2.43 bits per heavy atom. The molecule has 0 amide bonds. The Hall–Kier alpha value is -2.33. The van der Waals surface area contributed by atoms with Crippen molar-refractivity contribution in [1.29, 1.82) is 0 Å². The summed E-state index contributed by atoms with van der Waals surface area (Å²) in [5.74, 6) is -1.01. The fourth-order valence-electron chi connectivity index (χ4n) is 2.05. The first kappa shape index (κ1) is 17.0. The first-order valence-electron chi connectivity index (χ1n) is 7.04. The lowest BCUT2D eigenvalue weighted by Gasteiger charge is -2.13. The van der Waals surface area contributed by atoms with Crippen molar-refractivity contribution in [3.8, 4) is 5.75 Å². The molecular formula is C18H16ClFO3. The summed E-state index contributed by atoms with van der Waals surface area (Å²) in [6, 6.07) is 10.3. The molecule has 0 spiro atoms. The monoisotopic (exact) mass is 334 g/mol. The third-order valence-corrected chi connectivity index (χ3v) is 3.26. The third-order valence-electron chi connectivity index (χ3n) is 3.02. The summed E-state index contributed by atoms with van der Waals surface area (Å²) in [5.41, 5.74) is 0.975. The quantitative estimate of drug-likeness (QED) is 0.625. The van der Waals surface area contributed by atoms with E-state index in [2.05, 4.69) is 0 Å². The van der Waals surface area contributed by atoms with Crippen LogP contribution in [0.25, 0.3) is 11.6 Å². The van der Waals surface area contributed by atoms with Crippen LogP contribution < -0.4 is 4.74 Å². The molecular weight excluding hydrogens is 319 g/mol. The fourth-order valence-corrected chi connectivity index (χ4v) is 2.23. The number of benzene rings is 2. The molecule has 1 N–H and O–H groups in total. The number of carbonyl (C=O) groups is 1. The fraction of sp³-hybridized carbons (Fsp3) is 0.167. The molecule has 0 atom stereocenters. The van der Waals surface area contributed by atoms with Crippen LogP contribution in [-0.4, -0.2) is 17.2 Å². The minimum absolute atomic E-state index is 0.0286. The molecule has 0 saturated carbocycles. The van der Waals surface area contributed by atoms with Gasteiger partial charge in [-0.15, -0.1) is 0 Å². The number of hydrogen-bond acceptors (Lipinski definition) is 2. The predicted octanol–water partition coefficient (Wildman–Crippen LogP) is 4.89. The van der Waals surface area contributed by atoms with E-state index in [1.165, 1.54) is 30.3 Å². The molecule has 2 aromatic rings. The van der Waals surface area contributed by atoms with Crippen molar-refractivity contribution in [2.45, 2.75) is 20.0 Å². The third kappa shape index (κ3) is 4.57. The van der Waals surface area contributed by atoms with Crippen LogP contribution in [-0.2, 0) is 4.79 Å². The zero-order valence-corrected chi connectivity index (χ0v) is 13.5. The van der Waals surface area contributed by atoms with E-state index in [1.807, 2.05) is 13.8 Å². The van der Waals surface area contributed by atoms with Crippen LogP contribution in [0.1, 0.15) is 25.0 Å². The highest BCUT2D eigenvalue weighted by Crippen LogP contribution is 2.28. The molecule has 0 radical (unpaired) electrons. The molecule has 120 valence electrons. The van der Waals surface area contributed by atoms with Crippen molar-refractivity contribution in [3.05, 3.63) is 64.4 Å². The van der Waals surface area contributed by atoms with Crippen LogP contribution in [0.2, 0.25) is 5.02 Å². The summed E-state index contributed by atoms with van der Waals surface area (Å²) in [5, 5.41) is 9.93. The summed E-state index contributed by atoms with van der Waals surface area (Å²) < 4.78 is 18.7. The molecule has 0 bridgehead atoms. The topological polar surface area (TPSA) is 46.5 Å². The summed E-state index contributed by atoms with van der Waals surface area (Å²) in [6.07, 6.45) is 1.40. The highest BCUT2D eigenvalue weighted by Gasteiger charge is 2.13. The van der Waals surface area contributed by atoms with Gasteiger partial charge < -0.3 is 9.84 Å². The van der Waals surface area contributed by atoms with E-state index in [0.717, 1.165) is 0 Å². The van der Waals surface area contributed by atoms with Crippen molar-refractivity contribution >= 4 is 29.2 Å². The number of ether oxygens (including phenoxy) is 1. The lowest BCUT2D eigenvalue weighted by atomic mass is 10.0. The van der Waals surface area contributed by atoms with Crippen LogP contribution in [0.5, 0.6) is 5.75 Å². The Morgan fingerprint density at radius 1 is 1.22 bits per heavy atom. The maximum absolute atomic E-state index is 13.0. The molecule has 23 heavy (non-hydrogen) atoms. The number of carboxylic acids is 1. The average Bonchev–Trinajstić information content (AvgIpc) is 2.47. The first-order valence-corrected chi connectivity index (χ1v) is 7.41. The van der Waals surface area contributed by atoms with E-state index >= 15 is 0 Å². The molecule has 0 heterocycles. The number of carboxylic acid groups (broad SMARTS) is 1. The van der Waals surface area contributed by atoms with Crippen molar-refractivity contribution in [3.63, 3.8) is 0 Å². The number of aliphatic carboxylic acids is 1. The standard InChI is InChI=1S/C18H16ClFO3/c1-11(2)23-17-8-5-14(19)9-13(17)10-16(18(21)22)12-3-6-15(20)7-4-12/h3-11H,1-2H3,(H,21,22)/b16-10-. The molecule has 0 saturated heterocycles. The van der Waals surface area contributed by atoms with E-state index in [1.54, 1.807) is 18.2 Å². The van der Waals surface area contributed by atoms with Crippen LogP contribution in [0.15, 0.2) is 42.5 Å². The van der Waals surface area contributed by atoms with E-state index in [0.29, 0.717) is 21.9 Å². The van der Waals surface area contributed by atoms with Gasteiger partial charge in [-0.1, -0.05) is 23.7 Å². The lowest BCUT2D eigenvalue weighted by molar-refractivity contribution is -0.130. The zero-order valence-electron chi connectivity index (χ0n) is 12.7. The van der Waals surface area contributed by atoms with Gasteiger partial charge in [-0.05, 0) is 55.8 Å². The first-order chi connectivity index (χ1) is 10.9. The number of rotatable bonds is 5.